The fourth-order valence-electron chi connectivity index (χ4n) is 4.41. The molecule has 0 aliphatic carbocycles. The predicted molar refractivity (Wildman–Crippen MR) is 129 cm³/mol. The predicted octanol–water partition coefficient (Wildman–Crippen LogP) is 4.46. The number of anilines is 1. The lowest BCUT2D eigenvalue weighted by Gasteiger charge is -2.26. The van der Waals surface area contributed by atoms with Crippen molar-refractivity contribution in [3.8, 4) is 17.6 Å². The first-order valence-corrected chi connectivity index (χ1v) is 11.1. The highest BCUT2D eigenvalue weighted by Gasteiger charge is 2.37. The molecule has 1 aliphatic heterocycles. The summed E-state index contributed by atoms with van der Waals surface area (Å²) in [6.45, 7) is 9.00. The number of rotatable bonds is 6. The van der Waals surface area contributed by atoms with Crippen LogP contribution in [0.4, 0.5) is 11.4 Å². The number of aryl methyl sites for hydroxylation is 2. The van der Waals surface area contributed by atoms with Crippen molar-refractivity contribution in [3.05, 3.63) is 86.4 Å². The Morgan fingerprint density at radius 1 is 1.21 bits per heavy atom. The number of benzene rings is 2. The van der Waals surface area contributed by atoms with Crippen molar-refractivity contribution in [1.29, 1.82) is 5.26 Å². The van der Waals surface area contributed by atoms with E-state index in [-0.39, 0.29) is 22.1 Å². The number of nitrogens with zero attached hydrogens (tertiary/aromatic N) is 5. The molecule has 4 rings (SSSR count). The Kier molecular flexibility index (Phi) is 5.99. The number of fused-ring (bicyclic) bond motifs is 1. The third kappa shape index (κ3) is 3.73. The molecule has 1 aromatic heterocycles. The van der Waals surface area contributed by atoms with Gasteiger partial charge in [0.25, 0.3) is 5.69 Å². The minimum Gasteiger partial charge on any atom is -0.422 e. The van der Waals surface area contributed by atoms with E-state index in [1.165, 1.54) is 6.07 Å². The van der Waals surface area contributed by atoms with Gasteiger partial charge >= 0.3 is 0 Å². The van der Waals surface area contributed by atoms with Gasteiger partial charge in [0.15, 0.2) is 0 Å². The van der Waals surface area contributed by atoms with Gasteiger partial charge in [-0.1, -0.05) is 23.8 Å². The van der Waals surface area contributed by atoms with Gasteiger partial charge in [-0.2, -0.15) is 10.4 Å². The quantitative estimate of drug-likeness (QED) is 0.427. The van der Waals surface area contributed by atoms with Crippen molar-refractivity contribution in [2.75, 3.05) is 18.0 Å². The molecule has 0 saturated heterocycles. The molecule has 3 aromatic rings. The van der Waals surface area contributed by atoms with Crippen LogP contribution in [0.3, 0.4) is 0 Å². The van der Waals surface area contributed by atoms with E-state index < -0.39 is 5.92 Å². The molecule has 1 atom stereocenters. The number of hydrogen-bond acceptors (Lipinski definition) is 7. The van der Waals surface area contributed by atoms with E-state index in [0.717, 1.165) is 11.3 Å². The number of nitro benzene ring substituents is 1. The molecule has 174 valence electrons. The van der Waals surface area contributed by atoms with E-state index in [9.17, 15) is 15.4 Å². The van der Waals surface area contributed by atoms with Crippen LogP contribution in [-0.2, 0) is 0 Å². The molecule has 0 saturated carbocycles. The number of allylic oxidation sites excluding steroid dienone is 1. The van der Waals surface area contributed by atoms with Crippen LogP contribution in [0.5, 0.6) is 5.88 Å². The third-order valence-electron chi connectivity index (χ3n) is 6.14. The number of nitrogens with two attached hydrogens (primary N) is 1. The van der Waals surface area contributed by atoms with Gasteiger partial charge in [-0.25, -0.2) is 4.68 Å². The highest BCUT2D eigenvalue weighted by Crippen LogP contribution is 2.46. The Hall–Kier alpha value is -4.32. The molecule has 2 N–H and O–H groups in total. The average Bonchev–Trinajstić information content (AvgIpc) is 3.15. The minimum atomic E-state index is -0.641. The maximum Gasteiger partial charge on any atom is 0.292 e. The van der Waals surface area contributed by atoms with Gasteiger partial charge < -0.3 is 15.4 Å². The number of ether oxygens (including phenoxy) is 1. The lowest BCUT2D eigenvalue weighted by Crippen LogP contribution is -2.24. The molecule has 0 amide bonds. The molecule has 0 unspecified atom stereocenters. The van der Waals surface area contributed by atoms with Crippen LogP contribution in [0.15, 0.2) is 53.9 Å². The van der Waals surface area contributed by atoms with Crippen LogP contribution >= 0.6 is 0 Å². The van der Waals surface area contributed by atoms with Crippen LogP contribution in [-0.4, -0.2) is 27.8 Å². The van der Waals surface area contributed by atoms with Crippen molar-refractivity contribution in [2.24, 2.45) is 5.73 Å². The number of aromatic nitrogens is 2. The molecule has 2 aromatic carbocycles. The molecule has 1 aliphatic rings. The Morgan fingerprint density at radius 3 is 2.47 bits per heavy atom. The van der Waals surface area contributed by atoms with Crippen molar-refractivity contribution in [3.63, 3.8) is 0 Å². The van der Waals surface area contributed by atoms with Crippen molar-refractivity contribution in [2.45, 2.75) is 33.6 Å². The topological polar surface area (TPSA) is 123 Å². The highest BCUT2D eigenvalue weighted by molar-refractivity contribution is 5.67. The summed E-state index contributed by atoms with van der Waals surface area (Å²) in [7, 11) is 0. The molecule has 0 fully saturated rings. The Bertz CT molecular complexity index is 1330. The van der Waals surface area contributed by atoms with Gasteiger partial charge in [-0.3, -0.25) is 10.1 Å². The van der Waals surface area contributed by atoms with Gasteiger partial charge in [-0.15, -0.1) is 0 Å². The zero-order valence-corrected chi connectivity index (χ0v) is 19.6. The van der Waals surface area contributed by atoms with Crippen LogP contribution < -0.4 is 15.4 Å². The summed E-state index contributed by atoms with van der Waals surface area (Å²) in [5.74, 6) is -0.278. The van der Waals surface area contributed by atoms with Gasteiger partial charge in [0.2, 0.25) is 11.8 Å². The largest absolute Gasteiger partial charge is 0.422 e. The molecule has 9 nitrogen and oxygen atoms in total. The summed E-state index contributed by atoms with van der Waals surface area (Å²) < 4.78 is 7.54. The number of nitro groups is 1. The zero-order valence-electron chi connectivity index (χ0n) is 19.6. The van der Waals surface area contributed by atoms with Crippen LogP contribution in [0.1, 0.15) is 42.1 Å². The van der Waals surface area contributed by atoms with Crippen molar-refractivity contribution >= 4 is 11.4 Å². The van der Waals surface area contributed by atoms with Crippen LogP contribution in [0.2, 0.25) is 0 Å². The summed E-state index contributed by atoms with van der Waals surface area (Å²) in [5.41, 5.74) is 10.7. The van der Waals surface area contributed by atoms with E-state index in [1.807, 2.05) is 62.9 Å². The summed E-state index contributed by atoms with van der Waals surface area (Å²) in [6, 6.07) is 15.0. The Balaban J connectivity index is 1.93. The minimum absolute atomic E-state index is 0.0197. The molecule has 0 spiro atoms. The molecule has 2 heterocycles. The number of hydrogen-bond donors (Lipinski definition) is 1. The molecule has 0 radical (unpaired) electrons. The Labute approximate surface area is 197 Å². The lowest BCUT2D eigenvalue weighted by molar-refractivity contribution is -0.384. The van der Waals surface area contributed by atoms with Gasteiger partial charge in [0.1, 0.15) is 17.3 Å². The van der Waals surface area contributed by atoms with E-state index in [2.05, 4.69) is 11.2 Å². The average molecular weight is 459 g/mol. The Morgan fingerprint density at radius 2 is 1.88 bits per heavy atom. The number of nitriles is 1. The van der Waals surface area contributed by atoms with Crippen LogP contribution in [0.25, 0.3) is 5.69 Å². The molecular formula is C25H26N6O3. The van der Waals surface area contributed by atoms with E-state index in [0.29, 0.717) is 41.5 Å². The van der Waals surface area contributed by atoms with E-state index in [1.54, 1.807) is 10.7 Å². The van der Waals surface area contributed by atoms with Gasteiger partial charge in [0.05, 0.1) is 27.8 Å². The summed E-state index contributed by atoms with van der Waals surface area (Å²) in [4.78, 5) is 13.5. The molecular weight excluding hydrogens is 432 g/mol. The maximum atomic E-state index is 12.0. The first kappa shape index (κ1) is 22.9. The molecule has 0 bridgehead atoms. The second-order valence-electron chi connectivity index (χ2n) is 8.15. The van der Waals surface area contributed by atoms with Crippen molar-refractivity contribution < 1.29 is 9.66 Å². The van der Waals surface area contributed by atoms with Crippen LogP contribution in [0, 0.1) is 35.3 Å². The fraction of sp³-hybridized carbons (Fsp3) is 0.280. The van der Waals surface area contributed by atoms with E-state index >= 15 is 0 Å². The fourth-order valence-corrected chi connectivity index (χ4v) is 4.41. The van der Waals surface area contributed by atoms with Gasteiger partial charge in [-0.05, 0) is 51.5 Å². The maximum absolute atomic E-state index is 12.0. The monoisotopic (exact) mass is 458 g/mol. The van der Waals surface area contributed by atoms with Gasteiger partial charge in [0, 0.05) is 19.2 Å². The van der Waals surface area contributed by atoms with Crippen molar-refractivity contribution in [1.82, 2.24) is 9.78 Å². The van der Waals surface area contributed by atoms with E-state index in [4.69, 9.17) is 10.5 Å². The summed E-state index contributed by atoms with van der Waals surface area (Å²) >= 11 is 0. The lowest BCUT2D eigenvalue weighted by atomic mass is 9.84. The molecule has 34 heavy (non-hydrogen) atoms. The summed E-state index contributed by atoms with van der Waals surface area (Å²) in [6.07, 6.45) is 0. The standard InChI is InChI=1S/C25H26N6O3/c1-5-29(6-2)20-12-9-17(13-21(20)31(32)33)23-19(14-26)24(27)34-25-22(23)16(4)28-30(25)18-10-7-15(3)8-11-18/h7-13,23H,5-6,27H2,1-4H3/t23-/m1/s1. The summed E-state index contributed by atoms with van der Waals surface area (Å²) in [5, 5.41) is 26.6. The first-order chi connectivity index (χ1) is 16.3. The second kappa shape index (κ2) is 8.90. The zero-order chi connectivity index (χ0) is 24.6. The third-order valence-corrected chi connectivity index (χ3v) is 6.14. The normalized spacial score (nSPS) is 14.9. The highest BCUT2D eigenvalue weighted by atomic mass is 16.6. The SMILES string of the molecule is CCN(CC)c1ccc([C@@H]2C(C#N)=C(N)Oc3c2c(C)nn3-c2ccc(C)cc2)cc1[N+](=O)[O-]. The smallest absolute Gasteiger partial charge is 0.292 e. The molecule has 9 heteroatoms. The second-order valence-corrected chi connectivity index (χ2v) is 8.15. The first-order valence-electron chi connectivity index (χ1n) is 11.1.